The van der Waals surface area contributed by atoms with Gasteiger partial charge in [-0.25, -0.2) is 14.8 Å². The maximum Gasteiger partial charge on any atom is 0.410 e. The van der Waals surface area contributed by atoms with Crippen LogP contribution in [0.15, 0.2) is 39.8 Å². The minimum atomic E-state index is -1.32. The Morgan fingerprint density at radius 2 is 1.73 bits per heavy atom. The number of hydrogen-bond acceptors (Lipinski definition) is 6. The summed E-state index contributed by atoms with van der Waals surface area (Å²) < 4.78 is 18.7. The first-order valence-corrected chi connectivity index (χ1v) is 11.6. The summed E-state index contributed by atoms with van der Waals surface area (Å²) in [4.78, 5) is 15.2. The van der Waals surface area contributed by atoms with Crippen molar-refractivity contribution in [3.05, 3.63) is 34.9 Å². The molecule has 0 saturated heterocycles. The van der Waals surface area contributed by atoms with Crippen molar-refractivity contribution in [2.24, 2.45) is 5.84 Å². The Labute approximate surface area is 183 Å². The number of carbonyl (C=O) groups is 1. The number of unbranched alkanes of at least 4 members (excludes halogenated alkanes) is 1. The van der Waals surface area contributed by atoms with Crippen LogP contribution in [0.25, 0.3) is 0 Å². The summed E-state index contributed by atoms with van der Waals surface area (Å²) in [6.45, 7) is 10.4. The van der Waals surface area contributed by atoms with E-state index in [1.165, 1.54) is 4.90 Å². The highest BCUT2D eigenvalue weighted by molar-refractivity contribution is 7.89. The van der Waals surface area contributed by atoms with Crippen LogP contribution in [-0.4, -0.2) is 45.9 Å². The molecule has 0 aliphatic heterocycles. The second kappa shape index (κ2) is 12.0. The molecule has 0 aliphatic rings. The number of ether oxygens (including phenoxy) is 1. The van der Waals surface area contributed by atoms with Crippen molar-refractivity contribution in [2.75, 3.05) is 25.9 Å². The summed E-state index contributed by atoms with van der Waals surface area (Å²) in [5, 5.41) is 1.61. The third-order valence-corrected chi connectivity index (χ3v) is 6.05. The molecule has 0 fully saturated rings. The van der Waals surface area contributed by atoms with Gasteiger partial charge in [0.1, 0.15) is 5.60 Å². The molecule has 1 aromatic rings. The van der Waals surface area contributed by atoms with E-state index in [1.54, 1.807) is 36.3 Å². The molecule has 1 amide bonds. The van der Waals surface area contributed by atoms with Crippen LogP contribution < -0.4 is 11.6 Å². The first-order chi connectivity index (χ1) is 14.0. The summed E-state index contributed by atoms with van der Waals surface area (Å²) >= 11 is 0. The molecule has 0 aliphatic carbocycles. The smallest absolute Gasteiger partial charge is 0.410 e. The van der Waals surface area contributed by atoms with Crippen molar-refractivity contribution in [1.29, 1.82) is 0 Å². The number of allylic oxidation sites excluding steroid dienone is 2. The molecule has 170 valence electrons. The molecular formula is C22H38N4O3S. The van der Waals surface area contributed by atoms with Gasteiger partial charge in [0.2, 0.25) is 0 Å². The topological polar surface area (TPSA) is 102 Å². The van der Waals surface area contributed by atoms with Gasteiger partial charge in [0, 0.05) is 34.8 Å². The number of hydrogen-bond donors (Lipinski definition) is 2. The van der Waals surface area contributed by atoms with Crippen LogP contribution in [0, 0.1) is 0 Å². The number of anilines is 1. The van der Waals surface area contributed by atoms with E-state index in [9.17, 15) is 9.00 Å². The lowest BCUT2D eigenvalue weighted by Crippen LogP contribution is -2.41. The minimum absolute atomic E-state index is 0.393. The molecule has 0 saturated carbocycles. The summed E-state index contributed by atoms with van der Waals surface area (Å²) in [5.41, 5.74) is 6.70. The molecule has 0 spiro atoms. The van der Waals surface area contributed by atoms with Crippen LogP contribution in [0.3, 0.4) is 0 Å². The van der Waals surface area contributed by atoms with Crippen molar-refractivity contribution in [1.82, 2.24) is 9.91 Å². The number of hydrazine groups is 1. The number of nitrogen functional groups attached to an aromatic ring is 1. The van der Waals surface area contributed by atoms with E-state index in [4.69, 9.17) is 16.3 Å². The van der Waals surface area contributed by atoms with Crippen molar-refractivity contribution >= 4 is 22.6 Å². The molecule has 8 heteroatoms. The Morgan fingerprint density at radius 1 is 1.13 bits per heavy atom. The largest absolute Gasteiger partial charge is 0.444 e. The molecular weight excluding hydrogens is 400 g/mol. The fraction of sp³-hybridized carbons (Fsp3) is 0.591. The molecule has 1 rings (SSSR count). The van der Waals surface area contributed by atoms with Gasteiger partial charge in [0.05, 0.1) is 17.3 Å². The van der Waals surface area contributed by atoms with Crippen molar-refractivity contribution in [2.45, 2.75) is 70.8 Å². The van der Waals surface area contributed by atoms with Crippen LogP contribution in [0.2, 0.25) is 0 Å². The number of nitrogens with two attached hydrogens (primary N) is 2. The standard InChI is InChI=1S/C22H38N4O3S/c1-7-9-10-20(30(28)18-13-11-17(23)12-14-18)19(8-2)26(24)16-15-25(6)21(27)29-22(3,4)5/h11-14H,7-10,15-16,23-24H2,1-6H3/b20-19+. The van der Waals surface area contributed by atoms with Crippen LogP contribution >= 0.6 is 0 Å². The number of amides is 1. The van der Waals surface area contributed by atoms with E-state index in [-0.39, 0.29) is 0 Å². The molecule has 1 atom stereocenters. The SMILES string of the molecule is CCCC/C(=C(/CC)N(N)CCN(C)C(=O)OC(C)(C)C)S(=O)c1ccc(N)cc1. The third kappa shape index (κ3) is 8.36. The Morgan fingerprint density at radius 3 is 2.23 bits per heavy atom. The van der Waals surface area contributed by atoms with E-state index >= 15 is 0 Å². The highest BCUT2D eigenvalue weighted by Gasteiger charge is 2.21. The van der Waals surface area contributed by atoms with E-state index in [2.05, 4.69) is 6.92 Å². The summed E-state index contributed by atoms with van der Waals surface area (Å²) in [5.74, 6) is 6.36. The number of benzene rings is 1. The second-order valence-electron chi connectivity index (χ2n) is 8.26. The molecule has 0 bridgehead atoms. The maximum absolute atomic E-state index is 13.3. The highest BCUT2D eigenvalue weighted by Crippen LogP contribution is 2.26. The van der Waals surface area contributed by atoms with Crippen LogP contribution in [0.4, 0.5) is 10.5 Å². The van der Waals surface area contributed by atoms with Gasteiger partial charge in [-0.3, -0.25) is 0 Å². The van der Waals surface area contributed by atoms with Crippen LogP contribution in [-0.2, 0) is 15.5 Å². The Balaban J connectivity index is 3.01. The average molecular weight is 439 g/mol. The zero-order chi connectivity index (χ0) is 22.9. The molecule has 30 heavy (non-hydrogen) atoms. The lowest BCUT2D eigenvalue weighted by atomic mass is 10.2. The van der Waals surface area contributed by atoms with E-state index in [0.29, 0.717) is 36.5 Å². The van der Waals surface area contributed by atoms with Crippen molar-refractivity contribution in [3.63, 3.8) is 0 Å². The summed E-state index contributed by atoms with van der Waals surface area (Å²) in [6.07, 6.45) is 2.87. The maximum atomic E-state index is 13.3. The Hall–Kier alpha value is -2.06. The second-order valence-corrected chi connectivity index (χ2v) is 9.76. The average Bonchev–Trinajstić information content (AvgIpc) is 2.67. The highest BCUT2D eigenvalue weighted by atomic mass is 32.2. The fourth-order valence-corrected chi connectivity index (χ4v) is 4.27. The van der Waals surface area contributed by atoms with E-state index in [0.717, 1.165) is 23.4 Å². The molecule has 0 aromatic heterocycles. The Kier molecular flexibility index (Phi) is 10.4. The van der Waals surface area contributed by atoms with Gasteiger partial charge in [-0.1, -0.05) is 20.3 Å². The van der Waals surface area contributed by atoms with Crippen molar-refractivity contribution < 1.29 is 13.7 Å². The predicted molar refractivity (Wildman–Crippen MR) is 124 cm³/mol. The molecule has 1 aromatic carbocycles. The lowest BCUT2D eigenvalue weighted by Gasteiger charge is -2.28. The monoisotopic (exact) mass is 438 g/mol. The molecule has 0 heterocycles. The molecule has 1 unspecified atom stereocenters. The number of carbonyl (C=O) groups excluding carboxylic acids is 1. The summed E-state index contributed by atoms with van der Waals surface area (Å²) in [7, 11) is 0.362. The van der Waals surface area contributed by atoms with Gasteiger partial charge in [0.25, 0.3) is 0 Å². The van der Waals surface area contributed by atoms with Gasteiger partial charge in [-0.2, -0.15) is 0 Å². The first kappa shape index (κ1) is 26.0. The van der Waals surface area contributed by atoms with E-state index in [1.807, 2.05) is 27.7 Å². The zero-order valence-corrected chi connectivity index (χ0v) is 20.1. The molecule has 7 nitrogen and oxygen atoms in total. The first-order valence-electron chi connectivity index (χ1n) is 10.5. The quantitative estimate of drug-likeness (QED) is 0.322. The van der Waals surface area contributed by atoms with Crippen molar-refractivity contribution in [3.8, 4) is 0 Å². The van der Waals surface area contributed by atoms with Gasteiger partial charge in [-0.05, 0) is 64.3 Å². The zero-order valence-electron chi connectivity index (χ0n) is 19.2. The number of nitrogens with zero attached hydrogens (tertiary/aromatic N) is 2. The molecule has 4 N–H and O–H groups in total. The van der Waals surface area contributed by atoms with Crippen LogP contribution in [0.1, 0.15) is 60.3 Å². The number of likely N-dealkylation sites (N-methyl/N-ethyl adjacent to an activating group) is 1. The van der Waals surface area contributed by atoms with Gasteiger partial charge < -0.3 is 20.4 Å². The van der Waals surface area contributed by atoms with Gasteiger partial charge >= 0.3 is 6.09 Å². The Bertz CT molecular complexity index is 742. The fourth-order valence-electron chi connectivity index (χ4n) is 2.80. The predicted octanol–water partition coefficient (Wildman–Crippen LogP) is 4.23. The third-order valence-electron chi connectivity index (χ3n) is 4.46. The molecule has 0 radical (unpaired) electrons. The van der Waals surface area contributed by atoms with Crippen LogP contribution in [0.5, 0.6) is 0 Å². The number of rotatable bonds is 10. The minimum Gasteiger partial charge on any atom is -0.444 e. The lowest BCUT2D eigenvalue weighted by molar-refractivity contribution is 0.0287. The summed E-state index contributed by atoms with van der Waals surface area (Å²) in [6, 6.07) is 7.10. The van der Waals surface area contributed by atoms with Gasteiger partial charge in [-0.15, -0.1) is 0 Å². The van der Waals surface area contributed by atoms with Gasteiger partial charge in [0.15, 0.2) is 0 Å². The normalized spacial score (nSPS) is 13.4. The van der Waals surface area contributed by atoms with E-state index < -0.39 is 22.5 Å².